The number of carboxylic acid groups (broad SMARTS) is 1. The fourth-order valence-corrected chi connectivity index (χ4v) is 5.23. The maximum atomic E-state index is 12.6. The highest BCUT2D eigenvalue weighted by molar-refractivity contribution is 5.91. The summed E-state index contributed by atoms with van der Waals surface area (Å²) >= 11 is 0. The molecule has 0 unspecified atom stereocenters. The summed E-state index contributed by atoms with van der Waals surface area (Å²) in [7, 11) is 0. The highest BCUT2D eigenvalue weighted by Crippen LogP contribution is 2.30. The monoisotopic (exact) mass is 646 g/mol. The minimum Gasteiger partial charge on any atom is -0.506 e. The number of H-pyrrole nitrogens is 1. The molecule has 47 heavy (non-hydrogen) atoms. The standard InChI is InChI=1S/C35H34N4O6.2FH/c40-30-17-15-27(28-16-18-33(43)39-34(28)30)31(41)21-36-20-23-9-12-25(13-10-23)37-32(42)8-4-5-22-11-14-26(24-6-2-1-3-7-24)29(19-22)38-35(44)45;;/h1-3,6-7,9-19,31,36,38,40-41H,4-5,8,20-21H2,(H,37,42)(H,39,43)(H,44,45);2*1H/t31-;;/m0../s1. The van der Waals surface area contributed by atoms with Crippen LogP contribution in [0, 0.1) is 0 Å². The molecule has 0 fully saturated rings. The summed E-state index contributed by atoms with van der Waals surface area (Å²) < 4.78 is 0. The van der Waals surface area contributed by atoms with Crippen molar-refractivity contribution in [1.82, 2.24) is 10.3 Å². The summed E-state index contributed by atoms with van der Waals surface area (Å²) in [4.78, 5) is 38.2. The van der Waals surface area contributed by atoms with Gasteiger partial charge in [0.15, 0.2) is 0 Å². The molecule has 0 spiro atoms. The first-order valence-corrected chi connectivity index (χ1v) is 14.6. The van der Waals surface area contributed by atoms with E-state index in [0.29, 0.717) is 48.1 Å². The molecular formula is C35H36F2N4O6. The van der Waals surface area contributed by atoms with Crippen molar-refractivity contribution in [1.29, 1.82) is 0 Å². The highest BCUT2D eigenvalue weighted by atomic mass is 19.0. The minimum atomic E-state index is -1.13. The third-order valence-electron chi connectivity index (χ3n) is 7.45. The van der Waals surface area contributed by atoms with E-state index in [1.165, 1.54) is 12.1 Å². The van der Waals surface area contributed by atoms with Gasteiger partial charge in [0.05, 0.1) is 17.3 Å². The van der Waals surface area contributed by atoms with E-state index >= 15 is 0 Å². The van der Waals surface area contributed by atoms with Crippen molar-refractivity contribution in [2.75, 3.05) is 17.2 Å². The number of aromatic amines is 1. The topological polar surface area (TPSA) is 164 Å². The number of aromatic hydroxyl groups is 1. The van der Waals surface area contributed by atoms with E-state index in [-0.39, 0.29) is 38.7 Å². The lowest BCUT2D eigenvalue weighted by Gasteiger charge is -2.15. The van der Waals surface area contributed by atoms with Gasteiger partial charge in [-0.15, -0.1) is 0 Å². The predicted molar refractivity (Wildman–Crippen MR) is 179 cm³/mol. The highest BCUT2D eigenvalue weighted by Gasteiger charge is 2.14. The Kier molecular flexibility index (Phi) is 12.7. The number of pyridine rings is 1. The quantitative estimate of drug-likeness (QED) is 0.0864. The largest absolute Gasteiger partial charge is 0.506 e. The van der Waals surface area contributed by atoms with Gasteiger partial charge in [0.25, 0.3) is 0 Å². The molecular weight excluding hydrogens is 610 g/mol. The number of hydrogen-bond donors (Lipinski definition) is 7. The number of phenols is 1. The SMILES string of the molecule is F.F.O=C(O)Nc1cc(CCCC(=O)Nc2ccc(CNC[C@H](O)c3ccc(O)c4[nH]c(=O)ccc34)cc2)ccc1-c1ccccc1. The number of halogens is 2. The van der Waals surface area contributed by atoms with Crippen molar-refractivity contribution >= 4 is 34.3 Å². The van der Waals surface area contributed by atoms with Crippen LogP contribution in [0.5, 0.6) is 5.75 Å². The summed E-state index contributed by atoms with van der Waals surface area (Å²) in [5, 5.41) is 39.3. The van der Waals surface area contributed by atoms with Crippen LogP contribution in [0.1, 0.15) is 35.6 Å². The van der Waals surface area contributed by atoms with Gasteiger partial charge >= 0.3 is 6.09 Å². The molecule has 5 rings (SSSR count). The number of benzene rings is 4. The van der Waals surface area contributed by atoms with E-state index < -0.39 is 12.2 Å². The lowest BCUT2D eigenvalue weighted by molar-refractivity contribution is -0.116. The lowest BCUT2D eigenvalue weighted by Crippen LogP contribution is -2.21. The van der Waals surface area contributed by atoms with Gasteiger partial charge in [-0.05, 0) is 65.4 Å². The second kappa shape index (κ2) is 16.6. The number of anilines is 2. The fourth-order valence-electron chi connectivity index (χ4n) is 5.23. The number of aryl methyl sites for hydroxylation is 1. The first-order valence-electron chi connectivity index (χ1n) is 14.6. The van der Waals surface area contributed by atoms with Crippen LogP contribution in [0.2, 0.25) is 0 Å². The first-order chi connectivity index (χ1) is 21.8. The normalized spacial score (nSPS) is 11.2. The number of rotatable bonds is 12. The number of aromatic nitrogens is 1. The van der Waals surface area contributed by atoms with Crippen molar-refractivity contribution in [3.05, 3.63) is 124 Å². The van der Waals surface area contributed by atoms with Gasteiger partial charge in [-0.2, -0.15) is 0 Å². The summed E-state index contributed by atoms with van der Waals surface area (Å²) in [6, 6.07) is 28.7. The van der Waals surface area contributed by atoms with Crippen molar-refractivity contribution in [3.8, 4) is 16.9 Å². The molecule has 0 aliphatic carbocycles. The van der Waals surface area contributed by atoms with Crippen molar-refractivity contribution in [2.45, 2.75) is 31.9 Å². The Bertz CT molecular complexity index is 1870. The Morgan fingerprint density at radius 2 is 1.55 bits per heavy atom. The van der Waals surface area contributed by atoms with Crippen molar-refractivity contribution < 1.29 is 34.3 Å². The van der Waals surface area contributed by atoms with Gasteiger partial charge in [0.1, 0.15) is 5.75 Å². The van der Waals surface area contributed by atoms with Gasteiger partial charge in [0.2, 0.25) is 11.5 Å². The number of hydrogen-bond acceptors (Lipinski definition) is 6. The molecule has 4 aromatic carbocycles. The average molecular weight is 647 g/mol. The molecule has 1 heterocycles. The molecule has 1 aromatic heterocycles. The molecule has 12 heteroatoms. The summed E-state index contributed by atoms with van der Waals surface area (Å²) in [5.74, 6) is -0.173. The molecule has 1 atom stereocenters. The number of aliphatic hydroxyl groups excluding tert-OH is 1. The van der Waals surface area contributed by atoms with Crippen LogP contribution in [0.4, 0.5) is 25.6 Å². The van der Waals surface area contributed by atoms with Crippen LogP contribution >= 0.6 is 0 Å². The molecule has 0 radical (unpaired) electrons. The summed E-state index contributed by atoms with van der Waals surface area (Å²) in [5.41, 5.74) is 5.32. The Labute approximate surface area is 268 Å². The molecule has 0 aliphatic heterocycles. The molecule has 0 saturated carbocycles. The van der Waals surface area contributed by atoms with Crippen LogP contribution in [-0.4, -0.2) is 38.8 Å². The van der Waals surface area contributed by atoms with Crippen LogP contribution < -0.4 is 21.5 Å². The number of phenolic OH excluding ortho intramolecular Hbond substituents is 1. The van der Waals surface area contributed by atoms with Crippen LogP contribution in [0.25, 0.3) is 22.0 Å². The number of amides is 2. The second-order valence-corrected chi connectivity index (χ2v) is 10.7. The third-order valence-corrected chi connectivity index (χ3v) is 7.45. The Morgan fingerprint density at radius 1 is 0.830 bits per heavy atom. The van der Waals surface area contributed by atoms with Crippen LogP contribution in [0.3, 0.4) is 0 Å². The van der Waals surface area contributed by atoms with E-state index in [2.05, 4.69) is 20.9 Å². The molecule has 0 aliphatic rings. The van der Waals surface area contributed by atoms with Gasteiger partial charge in [-0.25, -0.2) is 4.79 Å². The first kappa shape index (κ1) is 35.9. The molecule has 5 aromatic rings. The Hall–Kier alpha value is -5.59. The maximum absolute atomic E-state index is 12.6. The van der Waals surface area contributed by atoms with Crippen molar-refractivity contribution in [2.24, 2.45) is 0 Å². The summed E-state index contributed by atoms with van der Waals surface area (Å²) in [6.07, 6.45) is -0.474. The van der Waals surface area contributed by atoms with Gasteiger partial charge in [0, 0.05) is 42.2 Å². The second-order valence-electron chi connectivity index (χ2n) is 10.7. The van der Waals surface area contributed by atoms with E-state index in [1.807, 2.05) is 72.8 Å². The molecule has 10 nitrogen and oxygen atoms in total. The zero-order valence-electron chi connectivity index (χ0n) is 25.2. The smallest absolute Gasteiger partial charge is 0.409 e. The number of fused-ring (bicyclic) bond motifs is 1. The number of aliphatic hydroxyl groups is 1. The average Bonchev–Trinajstić information content (AvgIpc) is 3.02. The molecule has 0 saturated heterocycles. The number of carbonyl (C=O) groups excluding carboxylic acids is 1. The fraction of sp³-hybridized carbons (Fsp3) is 0.171. The summed E-state index contributed by atoms with van der Waals surface area (Å²) in [6.45, 7) is 0.736. The molecule has 7 N–H and O–H groups in total. The van der Waals surface area contributed by atoms with Crippen LogP contribution in [0.15, 0.2) is 102 Å². The van der Waals surface area contributed by atoms with Gasteiger partial charge in [-0.3, -0.25) is 24.3 Å². The van der Waals surface area contributed by atoms with E-state index in [1.54, 1.807) is 12.1 Å². The van der Waals surface area contributed by atoms with Gasteiger partial charge in [-0.1, -0.05) is 60.7 Å². The Morgan fingerprint density at radius 3 is 2.28 bits per heavy atom. The predicted octanol–water partition coefficient (Wildman–Crippen LogP) is 6.08. The van der Waals surface area contributed by atoms with Crippen LogP contribution in [-0.2, 0) is 17.8 Å². The number of nitrogens with one attached hydrogen (secondary N) is 4. The lowest BCUT2D eigenvalue weighted by atomic mass is 9.99. The number of carbonyl (C=O) groups is 2. The third kappa shape index (κ3) is 9.45. The van der Waals surface area contributed by atoms with E-state index in [4.69, 9.17) is 0 Å². The van der Waals surface area contributed by atoms with Gasteiger partial charge < -0.3 is 30.9 Å². The van der Waals surface area contributed by atoms with E-state index in [0.717, 1.165) is 22.3 Å². The Balaban J connectivity index is 0.00000300. The zero-order chi connectivity index (χ0) is 31.8. The minimum absolute atomic E-state index is 0. The van der Waals surface area contributed by atoms with E-state index in [9.17, 15) is 29.7 Å². The molecule has 2 amide bonds. The molecule has 0 bridgehead atoms. The maximum Gasteiger partial charge on any atom is 0.409 e. The van der Waals surface area contributed by atoms with Crippen molar-refractivity contribution in [3.63, 3.8) is 0 Å². The zero-order valence-corrected chi connectivity index (χ0v) is 25.2. The molecule has 246 valence electrons.